The van der Waals surface area contributed by atoms with Gasteiger partial charge in [0.25, 0.3) is 11.5 Å². The molecular formula is C22H17F3N4O2. The van der Waals surface area contributed by atoms with Crippen molar-refractivity contribution < 1.29 is 18.0 Å². The molecule has 31 heavy (non-hydrogen) atoms. The van der Waals surface area contributed by atoms with Crippen LogP contribution in [0, 0.1) is 11.6 Å². The highest BCUT2D eigenvalue weighted by Crippen LogP contribution is 2.33. The number of carbonyl (C=O) groups excluding carboxylic acids is 1. The van der Waals surface area contributed by atoms with E-state index in [0.29, 0.717) is 29.9 Å². The fourth-order valence-electron chi connectivity index (χ4n) is 4.31. The molecule has 1 aromatic heterocycles. The predicted molar refractivity (Wildman–Crippen MR) is 109 cm³/mol. The van der Waals surface area contributed by atoms with Crippen molar-refractivity contribution in [1.82, 2.24) is 15.2 Å². The Morgan fingerprint density at radius 3 is 2.68 bits per heavy atom. The molecule has 2 unspecified atom stereocenters. The molecule has 9 heteroatoms. The molecule has 2 atom stereocenters. The van der Waals surface area contributed by atoms with Gasteiger partial charge < -0.3 is 15.2 Å². The van der Waals surface area contributed by atoms with E-state index in [9.17, 15) is 22.8 Å². The van der Waals surface area contributed by atoms with Crippen molar-refractivity contribution in [3.63, 3.8) is 0 Å². The van der Waals surface area contributed by atoms with Gasteiger partial charge in [0.1, 0.15) is 11.5 Å². The number of allylic oxidation sites excluding steroid dienone is 2. The first kappa shape index (κ1) is 19.5. The second-order valence-electron chi connectivity index (χ2n) is 7.68. The zero-order valence-electron chi connectivity index (χ0n) is 16.4. The predicted octanol–water partition coefficient (Wildman–Crippen LogP) is 2.58. The van der Waals surface area contributed by atoms with Crippen LogP contribution in [0.2, 0.25) is 0 Å². The fraction of sp³-hybridized carbons (Fsp3) is 0.227. The number of nitrogens with one attached hydrogen (secondary N) is 2. The SMILES string of the molecule is CN(C(=O)C1=NC2C=CC=C(F)C2=C1)C1CNCc2[nH]c(=O)c3cc(F)c(F)cc3c21. The lowest BCUT2D eigenvalue weighted by molar-refractivity contribution is -0.124. The van der Waals surface area contributed by atoms with Crippen LogP contribution in [0.4, 0.5) is 13.2 Å². The van der Waals surface area contributed by atoms with Gasteiger partial charge in [0.15, 0.2) is 11.6 Å². The zero-order chi connectivity index (χ0) is 21.9. The molecule has 6 nitrogen and oxygen atoms in total. The molecule has 2 aromatic rings. The van der Waals surface area contributed by atoms with Crippen molar-refractivity contribution in [2.75, 3.05) is 13.6 Å². The average molecular weight is 426 g/mol. The van der Waals surface area contributed by atoms with Gasteiger partial charge in [-0.15, -0.1) is 0 Å². The van der Waals surface area contributed by atoms with Crippen LogP contribution in [0.3, 0.4) is 0 Å². The molecule has 0 saturated carbocycles. The number of rotatable bonds is 2. The standard InChI is InChI=1S/C22H17F3N4O2/c1-29(22(31)17-7-12-13(23)3-2-4-16(12)27-17)19-9-26-8-18-20(19)10-5-14(24)15(25)6-11(10)21(30)28-18/h2-7,16,19,26H,8-9H2,1H3,(H,28,30). The van der Waals surface area contributed by atoms with E-state index in [1.165, 1.54) is 17.1 Å². The third-order valence-electron chi connectivity index (χ3n) is 5.87. The minimum absolute atomic E-state index is 0.00842. The lowest BCUT2D eigenvalue weighted by atomic mass is 9.93. The van der Waals surface area contributed by atoms with Gasteiger partial charge in [0, 0.05) is 37.0 Å². The molecule has 5 rings (SSSR count). The number of fused-ring (bicyclic) bond motifs is 4. The van der Waals surface area contributed by atoms with E-state index < -0.39 is 41.0 Å². The molecule has 1 aromatic carbocycles. The van der Waals surface area contributed by atoms with Crippen molar-refractivity contribution in [2.45, 2.75) is 18.6 Å². The third kappa shape index (κ3) is 3.04. The van der Waals surface area contributed by atoms with E-state index in [1.54, 1.807) is 19.2 Å². The number of aromatic amines is 1. The Morgan fingerprint density at radius 2 is 1.94 bits per heavy atom. The molecule has 1 aliphatic carbocycles. The number of halogens is 3. The number of likely N-dealkylation sites (N-methyl/N-ethyl adjacent to an activating group) is 1. The highest BCUT2D eigenvalue weighted by atomic mass is 19.2. The molecule has 3 heterocycles. The van der Waals surface area contributed by atoms with Crippen LogP contribution in [-0.4, -0.2) is 41.1 Å². The fourth-order valence-corrected chi connectivity index (χ4v) is 4.31. The molecule has 158 valence electrons. The van der Waals surface area contributed by atoms with Crippen LogP contribution in [0.25, 0.3) is 10.8 Å². The maximum atomic E-state index is 14.0. The monoisotopic (exact) mass is 426 g/mol. The highest BCUT2D eigenvalue weighted by Gasteiger charge is 2.34. The van der Waals surface area contributed by atoms with Crippen LogP contribution in [0.15, 0.2) is 57.6 Å². The first-order valence-electron chi connectivity index (χ1n) is 9.70. The number of nitrogens with zero attached hydrogens (tertiary/aromatic N) is 2. The van der Waals surface area contributed by atoms with E-state index >= 15 is 0 Å². The van der Waals surface area contributed by atoms with Crippen LogP contribution in [0.1, 0.15) is 17.3 Å². The van der Waals surface area contributed by atoms with Crippen LogP contribution < -0.4 is 10.9 Å². The second-order valence-corrected chi connectivity index (χ2v) is 7.68. The van der Waals surface area contributed by atoms with Gasteiger partial charge in [-0.1, -0.05) is 12.2 Å². The zero-order valence-corrected chi connectivity index (χ0v) is 16.4. The van der Waals surface area contributed by atoms with Gasteiger partial charge in [0.2, 0.25) is 0 Å². The summed E-state index contributed by atoms with van der Waals surface area (Å²) in [6.07, 6.45) is 5.99. The summed E-state index contributed by atoms with van der Waals surface area (Å²) in [6.45, 7) is 0.642. The summed E-state index contributed by atoms with van der Waals surface area (Å²) in [4.78, 5) is 34.0. The maximum Gasteiger partial charge on any atom is 0.272 e. The largest absolute Gasteiger partial charge is 0.332 e. The smallest absolute Gasteiger partial charge is 0.272 e. The molecule has 0 fully saturated rings. The topological polar surface area (TPSA) is 77.6 Å². The van der Waals surface area contributed by atoms with Gasteiger partial charge in [-0.2, -0.15) is 0 Å². The number of carbonyl (C=O) groups is 1. The van der Waals surface area contributed by atoms with Gasteiger partial charge in [0.05, 0.1) is 17.5 Å². The number of amides is 1. The maximum absolute atomic E-state index is 14.0. The van der Waals surface area contributed by atoms with Crippen molar-refractivity contribution in [2.24, 2.45) is 4.99 Å². The number of aliphatic imine (C=N–C) groups is 1. The Bertz CT molecular complexity index is 1320. The number of H-pyrrole nitrogens is 1. The Labute approximate surface area is 174 Å². The van der Waals surface area contributed by atoms with Crippen LogP contribution in [0.5, 0.6) is 0 Å². The second kappa shape index (κ2) is 7.05. The lowest BCUT2D eigenvalue weighted by Crippen LogP contribution is -2.43. The third-order valence-corrected chi connectivity index (χ3v) is 5.87. The van der Waals surface area contributed by atoms with E-state index in [1.807, 2.05) is 0 Å². The Balaban J connectivity index is 1.57. The molecular weight excluding hydrogens is 409 g/mol. The molecule has 2 N–H and O–H groups in total. The quantitative estimate of drug-likeness (QED) is 0.775. The summed E-state index contributed by atoms with van der Waals surface area (Å²) in [5.41, 5.74) is 0.936. The number of benzene rings is 1. The first-order valence-corrected chi connectivity index (χ1v) is 9.70. The molecule has 2 aliphatic heterocycles. The van der Waals surface area contributed by atoms with Crippen molar-refractivity contribution in [1.29, 1.82) is 0 Å². The number of aromatic nitrogens is 1. The van der Waals surface area contributed by atoms with Gasteiger partial charge in [-0.3, -0.25) is 14.6 Å². The number of pyridine rings is 1. The first-order chi connectivity index (χ1) is 14.8. The highest BCUT2D eigenvalue weighted by molar-refractivity contribution is 6.44. The van der Waals surface area contributed by atoms with E-state index in [2.05, 4.69) is 15.3 Å². The van der Waals surface area contributed by atoms with Crippen molar-refractivity contribution >= 4 is 22.4 Å². The summed E-state index contributed by atoms with van der Waals surface area (Å²) in [5.74, 6) is -3.07. The van der Waals surface area contributed by atoms with Crippen LogP contribution >= 0.6 is 0 Å². The Kier molecular flexibility index (Phi) is 4.44. The lowest BCUT2D eigenvalue weighted by Gasteiger charge is -2.34. The minimum Gasteiger partial charge on any atom is -0.332 e. The summed E-state index contributed by atoms with van der Waals surface area (Å²) < 4.78 is 41.8. The molecule has 0 radical (unpaired) electrons. The molecule has 1 amide bonds. The average Bonchev–Trinajstić information content (AvgIpc) is 3.19. The Morgan fingerprint density at radius 1 is 1.19 bits per heavy atom. The summed E-state index contributed by atoms with van der Waals surface area (Å²) in [7, 11) is 1.56. The normalized spacial score (nSPS) is 21.9. The van der Waals surface area contributed by atoms with Crippen molar-refractivity contribution in [3.05, 3.63) is 81.1 Å². The van der Waals surface area contributed by atoms with Crippen molar-refractivity contribution in [3.8, 4) is 0 Å². The summed E-state index contributed by atoms with van der Waals surface area (Å²) in [5, 5.41) is 3.38. The molecule has 3 aliphatic rings. The minimum atomic E-state index is -1.12. The van der Waals surface area contributed by atoms with E-state index in [-0.39, 0.29) is 16.5 Å². The van der Waals surface area contributed by atoms with E-state index in [0.717, 1.165) is 12.1 Å². The van der Waals surface area contributed by atoms with Gasteiger partial charge >= 0.3 is 0 Å². The number of hydrogen-bond acceptors (Lipinski definition) is 4. The Hall–Kier alpha value is -3.46. The van der Waals surface area contributed by atoms with E-state index in [4.69, 9.17) is 0 Å². The van der Waals surface area contributed by atoms with Gasteiger partial charge in [-0.05, 0) is 29.7 Å². The molecule has 0 saturated heterocycles. The number of hydrogen-bond donors (Lipinski definition) is 2. The summed E-state index contributed by atoms with van der Waals surface area (Å²) in [6, 6.07) is 0.732. The molecule has 0 bridgehead atoms. The van der Waals surface area contributed by atoms with Crippen LogP contribution in [-0.2, 0) is 11.3 Å². The molecule has 0 spiro atoms. The van der Waals surface area contributed by atoms with Gasteiger partial charge in [-0.25, -0.2) is 13.2 Å². The summed E-state index contributed by atoms with van der Waals surface area (Å²) >= 11 is 0.